The molecule has 0 aromatic heterocycles. The lowest BCUT2D eigenvalue weighted by atomic mass is 10.1. The van der Waals surface area contributed by atoms with Crippen LogP contribution in [0.2, 0.25) is 0 Å². The van der Waals surface area contributed by atoms with Gasteiger partial charge < -0.3 is 19.3 Å². The SMILES string of the molecule is CCCOc1ccc(CN(CCC)C(=O)C2CC(=O)N(C3CC3)C2)cc1OCC. The van der Waals surface area contributed by atoms with Gasteiger partial charge in [-0.2, -0.15) is 0 Å². The van der Waals surface area contributed by atoms with Gasteiger partial charge in [0, 0.05) is 32.1 Å². The summed E-state index contributed by atoms with van der Waals surface area (Å²) in [6.45, 7) is 9.09. The van der Waals surface area contributed by atoms with Crippen LogP contribution in [0.25, 0.3) is 0 Å². The summed E-state index contributed by atoms with van der Waals surface area (Å²) in [6, 6.07) is 6.28. The van der Waals surface area contributed by atoms with Crippen molar-refractivity contribution in [1.29, 1.82) is 0 Å². The van der Waals surface area contributed by atoms with Crippen molar-refractivity contribution in [1.82, 2.24) is 9.80 Å². The molecule has 1 aliphatic carbocycles. The zero-order valence-corrected chi connectivity index (χ0v) is 18.0. The number of ether oxygens (including phenoxy) is 2. The van der Waals surface area contributed by atoms with Crippen molar-refractivity contribution in [2.45, 2.75) is 65.5 Å². The molecule has 2 aliphatic rings. The lowest BCUT2D eigenvalue weighted by Crippen LogP contribution is -2.37. The fourth-order valence-corrected chi connectivity index (χ4v) is 3.90. The smallest absolute Gasteiger partial charge is 0.228 e. The number of likely N-dealkylation sites (tertiary alicyclic amines) is 1. The maximum atomic E-state index is 13.2. The van der Waals surface area contributed by atoms with Crippen molar-refractivity contribution in [3.05, 3.63) is 23.8 Å². The third-order valence-electron chi connectivity index (χ3n) is 5.44. The third-order valence-corrected chi connectivity index (χ3v) is 5.44. The van der Waals surface area contributed by atoms with Gasteiger partial charge in [-0.15, -0.1) is 0 Å². The van der Waals surface area contributed by atoms with Gasteiger partial charge >= 0.3 is 0 Å². The van der Waals surface area contributed by atoms with Gasteiger partial charge in [-0.3, -0.25) is 9.59 Å². The quantitative estimate of drug-likeness (QED) is 0.567. The second kappa shape index (κ2) is 9.99. The number of carbonyl (C=O) groups is 2. The van der Waals surface area contributed by atoms with E-state index in [1.165, 1.54) is 0 Å². The first-order chi connectivity index (χ1) is 14.1. The molecule has 1 atom stereocenters. The molecule has 1 saturated carbocycles. The molecule has 160 valence electrons. The van der Waals surface area contributed by atoms with Gasteiger partial charge in [0.25, 0.3) is 0 Å². The van der Waals surface area contributed by atoms with Crippen molar-refractivity contribution in [2.75, 3.05) is 26.3 Å². The molecule has 1 aromatic carbocycles. The zero-order chi connectivity index (χ0) is 20.8. The van der Waals surface area contributed by atoms with Crippen molar-refractivity contribution in [3.8, 4) is 11.5 Å². The molecule has 6 nitrogen and oxygen atoms in total. The highest BCUT2D eigenvalue weighted by atomic mass is 16.5. The minimum atomic E-state index is -0.215. The predicted molar refractivity (Wildman–Crippen MR) is 112 cm³/mol. The summed E-state index contributed by atoms with van der Waals surface area (Å²) in [6.07, 6.45) is 4.33. The molecule has 1 aromatic rings. The Labute approximate surface area is 174 Å². The first-order valence-corrected chi connectivity index (χ1v) is 11.0. The van der Waals surface area contributed by atoms with Crippen LogP contribution in [0.4, 0.5) is 0 Å². The fraction of sp³-hybridized carbons (Fsp3) is 0.652. The van der Waals surface area contributed by atoms with Crippen molar-refractivity contribution < 1.29 is 19.1 Å². The van der Waals surface area contributed by atoms with E-state index in [2.05, 4.69) is 13.8 Å². The second-order valence-electron chi connectivity index (χ2n) is 8.00. The normalized spacial score (nSPS) is 18.8. The Morgan fingerprint density at radius 2 is 1.93 bits per heavy atom. The first kappa shape index (κ1) is 21.5. The van der Waals surface area contributed by atoms with Crippen molar-refractivity contribution in [3.63, 3.8) is 0 Å². The highest BCUT2D eigenvalue weighted by molar-refractivity contribution is 5.89. The Morgan fingerprint density at radius 3 is 2.59 bits per heavy atom. The number of amides is 2. The summed E-state index contributed by atoms with van der Waals surface area (Å²) in [4.78, 5) is 29.3. The monoisotopic (exact) mass is 402 g/mol. The van der Waals surface area contributed by atoms with E-state index in [-0.39, 0.29) is 17.7 Å². The number of hydrogen-bond acceptors (Lipinski definition) is 4. The topological polar surface area (TPSA) is 59.1 Å². The summed E-state index contributed by atoms with van der Waals surface area (Å²) < 4.78 is 11.5. The lowest BCUT2D eigenvalue weighted by Gasteiger charge is -2.26. The van der Waals surface area contributed by atoms with Gasteiger partial charge in [0.2, 0.25) is 11.8 Å². The van der Waals surface area contributed by atoms with E-state index in [9.17, 15) is 9.59 Å². The summed E-state index contributed by atoms with van der Waals surface area (Å²) in [5.74, 6) is 1.48. The number of rotatable bonds is 11. The molecular formula is C23H34N2O4. The van der Waals surface area contributed by atoms with Crippen LogP contribution in [0.3, 0.4) is 0 Å². The molecule has 1 heterocycles. The molecule has 0 bridgehead atoms. The number of hydrogen-bond donors (Lipinski definition) is 0. The van der Waals surface area contributed by atoms with Crippen molar-refractivity contribution in [2.24, 2.45) is 5.92 Å². The Morgan fingerprint density at radius 1 is 1.14 bits per heavy atom. The van der Waals surface area contributed by atoms with Gasteiger partial charge in [0.1, 0.15) is 0 Å². The van der Waals surface area contributed by atoms with Crippen LogP contribution < -0.4 is 9.47 Å². The van der Waals surface area contributed by atoms with Gasteiger partial charge in [-0.05, 0) is 50.3 Å². The minimum Gasteiger partial charge on any atom is -0.490 e. The zero-order valence-electron chi connectivity index (χ0n) is 18.0. The van der Waals surface area contributed by atoms with E-state index >= 15 is 0 Å². The van der Waals surface area contributed by atoms with Crippen molar-refractivity contribution >= 4 is 11.8 Å². The molecule has 1 unspecified atom stereocenters. The van der Waals surface area contributed by atoms with E-state index in [1.54, 1.807) is 0 Å². The minimum absolute atomic E-state index is 0.0904. The lowest BCUT2D eigenvalue weighted by molar-refractivity contribution is -0.136. The average molecular weight is 403 g/mol. The van der Waals surface area contributed by atoms with Gasteiger partial charge in [0.15, 0.2) is 11.5 Å². The number of nitrogens with zero attached hydrogens (tertiary/aromatic N) is 2. The Bertz CT molecular complexity index is 717. The fourth-order valence-electron chi connectivity index (χ4n) is 3.90. The van der Waals surface area contributed by atoms with Gasteiger partial charge in [-0.1, -0.05) is 19.9 Å². The Kier molecular flexibility index (Phi) is 7.40. The average Bonchev–Trinajstić information content (AvgIpc) is 3.48. The van der Waals surface area contributed by atoms with Crippen LogP contribution in [-0.4, -0.2) is 54.0 Å². The summed E-state index contributed by atoms with van der Waals surface area (Å²) >= 11 is 0. The molecule has 0 radical (unpaired) electrons. The summed E-state index contributed by atoms with van der Waals surface area (Å²) in [5, 5.41) is 0. The molecule has 6 heteroatoms. The van der Waals surface area contributed by atoms with Gasteiger partial charge in [0.05, 0.1) is 19.1 Å². The molecule has 0 spiro atoms. The predicted octanol–water partition coefficient (Wildman–Crippen LogP) is 3.62. The molecule has 1 aliphatic heterocycles. The Hall–Kier alpha value is -2.24. The molecule has 29 heavy (non-hydrogen) atoms. The van der Waals surface area contributed by atoms with E-state index in [0.29, 0.717) is 45.3 Å². The summed E-state index contributed by atoms with van der Waals surface area (Å²) in [5.41, 5.74) is 1.02. The molecule has 2 fully saturated rings. The van der Waals surface area contributed by atoms with Crippen LogP contribution in [-0.2, 0) is 16.1 Å². The number of carbonyl (C=O) groups excluding carboxylic acids is 2. The molecular weight excluding hydrogens is 368 g/mol. The van der Waals surface area contributed by atoms with E-state index < -0.39 is 0 Å². The van der Waals surface area contributed by atoms with E-state index in [0.717, 1.165) is 42.7 Å². The van der Waals surface area contributed by atoms with Crippen LogP contribution in [0.5, 0.6) is 11.5 Å². The highest BCUT2D eigenvalue weighted by Crippen LogP contribution is 2.34. The molecule has 0 N–H and O–H groups in total. The van der Waals surface area contributed by atoms with Crippen LogP contribution in [0.15, 0.2) is 18.2 Å². The first-order valence-electron chi connectivity index (χ1n) is 11.0. The molecule has 3 rings (SSSR count). The second-order valence-corrected chi connectivity index (χ2v) is 8.00. The van der Waals surface area contributed by atoms with Crippen LogP contribution in [0.1, 0.15) is 58.4 Å². The van der Waals surface area contributed by atoms with Crippen LogP contribution in [0, 0.1) is 5.92 Å². The largest absolute Gasteiger partial charge is 0.490 e. The maximum absolute atomic E-state index is 13.2. The Balaban J connectivity index is 1.70. The maximum Gasteiger partial charge on any atom is 0.228 e. The van der Waals surface area contributed by atoms with Crippen LogP contribution >= 0.6 is 0 Å². The standard InChI is InChI=1S/C23H34N2O4/c1-4-11-24(23(27)18-14-22(26)25(16-18)19-8-9-19)15-17-7-10-20(29-12-5-2)21(13-17)28-6-3/h7,10,13,18-19H,4-6,8-9,11-12,14-16H2,1-3H3. The summed E-state index contributed by atoms with van der Waals surface area (Å²) in [7, 11) is 0. The molecule has 2 amide bonds. The highest BCUT2D eigenvalue weighted by Gasteiger charge is 2.42. The van der Waals surface area contributed by atoms with E-state index in [4.69, 9.17) is 9.47 Å². The third kappa shape index (κ3) is 5.43. The molecule has 1 saturated heterocycles. The van der Waals surface area contributed by atoms with E-state index in [1.807, 2.05) is 34.9 Å². The van der Waals surface area contributed by atoms with Gasteiger partial charge in [-0.25, -0.2) is 0 Å². The number of benzene rings is 1.